The van der Waals surface area contributed by atoms with Crippen molar-refractivity contribution >= 4 is 15.8 Å². The van der Waals surface area contributed by atoms with Gasteiger partial charge in [0, 0.05) is 36.6 Å². The van der Waals surface area contributed by atoms with Crippen LogP contribution < -0.4 is 0 Å². The molecule has 5 nitrogen and oxygen atoms in total. The first-order valence-corrected chi connectivity index (χ1v) is 12.4. The lowest BCUT2D eigenvalue weighted by atomic mass is 9.78. The van der Waals surface area contributed by atoms with Crippen LogP contribution in [0.25, 0.3) is 0 Å². The van der Waals surface area contributed by atoms with E-state index < -0.39 is 32.5 Å². The monoisotopic (exact) mass is 463 g/mol. The Labute approximate surface area is 187 Å². The first-order valence-electron chi connectivity index (χ1n) is 10.9. The quantitative estimate of drug-likeness (QED) is 0.732. The zero-order valence-electron chi connectivity index (χ0n) is 17.9. The number of Topliss-reactive ketones (excluding diaryl/α,β-unsaturated/α-hetero) is 1. The average Bonchev–Trinajstić information content (AvgIpc) is 2.76. The second-order valence-electron chi connectivity index (χ2n) is 8.91. The molecule has 4 rings (SSSR count). The number of benzene rings is 2. The van der Waals surface area contributed by atoms with Crippen LogP contribution in [0.5, 0.6) is 0 Å². The number of hydrogen-bond acceptors (Lipinski definition) is 4. The van der Waals surface area contributed by atoms with Gasteiger partial charge in [-0.15, -0.1) is 0 Å². The summed E-state index contributed by atoms with van der Waals surface area (Å²) < 4.78 is 57.9. The highest BCUT2D eigenvalue weighted by atomic mass is 32.2. The average molecular weight is 464 g/mol. The summed E-state index contributed by atoms with van der Waals surface area (Å²) in [6.45, 7) is 1.48. The summed E-state index contributed by atoms with van der Waals surface area (Å²) in [5, 5.41) is 10.1. The molecule has 0 bridgehead atoms. The Hall–Kier alpha value is -2.16. The molecule has 0 amide bonds. The number of nitrogens with zero attached hydrogens (tertiary/aromatic N) is 1. The van der Waals surface area contributed by atoms with E-state index >= 15 is 4.39 Å². The van der Waals surface area contributed by atoms with Gasteiger partial charge in [-0.2, -0.15) is 4.31 Å². The summed E-state index contributed by atoms with van der Waals surface area (Å²) in [7, 11) is -3.79. The van der Waals surface area contributed by atoms with Crippen LogP contribution in [0, 0.1) is 11.6 Å². The second kappa shape index (κ2) is 8.65. The minimum absolute atomic E-state index is 0.00978. The van der Waals surface area contributed by atoms with Gasteiger partial charge in [-0.05, 0) is 50.3 Å². The molecule has 1 saturated heterocycles. The van der Waals surface area contributed by atoms with Crippen LogP contribution >= 0.6 is 0 Å². The fourth-order valence-corrected chi connectivity index (χ4v) is 6.99. The zero-order chi connectivity index (χ0) is 23.1. The van der Waals surface area contributed by atoms with Gasteiger partial charge in [0.15, 0.2) is 0 Å². The van der Waals surface area contributed by atoms with Crippen molar-refractivity contribution in [3.8, 4) is 0 Å². The number of sulfonamides is 1. The van der Waals surface area contributed by atoms with Gasteiger partial charge >= 0.3 is 0 Å². The second-order valence-corrected chi connectivity index (χ2v) is 11.0. The van der Waals surface area contributed by atoms with Crippen molar-refractivity contribution < 1.29 is 27.1 Å². The molecule has 2 aromatic rings. The standard InChI is InChI=1S/C24H27F2NO4S/c1-16-7-8-23(17-5-3-2-4-6-17)32(30,31)27(16)15-18-13-22(26)20(14-21(18)25)24(29)11-9-19(28)10-12-24/h2-6,13-14,16,23,29H,7-12,15H2,1H3/t16-,23?/m0/s1. The molecule has 2 aliphatic rings. The summed E-state index contributed by atoms with van der Waals surface area (Å²) in [5.74, 6) is -1.57. The van der Waals surface area contributed by atoms with Crippen molar-refractivity contribution in [1.82, 2.24) is 4.31 Å². The van der Waals surface area contributed by atoms with Gasteiger partial charge in [-0.3, -0.25) is 4.79 Å². The fourth-order valence-electron chi connectivity index (χ4n) is 4.80. The highest BCUT2D eigenvalue weighted by Crippen LogP contribution is 2.40. The van der Waals surface area contributed by atoms with Crippen LogP contribution in [0.2, 0.25) is 0 Å². The van der Waals surface area contributed by atoms with E-state index in [1.807, 2.05) is 6.07 Å². The van der Waals surface area contributed by atoms with Gasteiger partial charge in [0.25, 0.3) is 0 Å². The van der Waals surface area contributed by atoms with Crippen molar-refractivity contribution in [3.63, 3.8) is 0 Å². The predicted molar refractivity (Wildman–Crippen MR) is 116 cm³/mol. The van der Waals surface area contributed by atoms with Crippen molar-refractivity contribution in [2.24, 2.45) is 0 Å². The Balaban J connectivity index is 1.63. The van der Waals surface area contributed by atoms with Crippen molar-refractivity contribution in [3.05, 3.63) is 70.8 Å². The maximum atomic E-state index is 15.0. The molecular weight excluding hydrogens is 436 g/mol. The first-order chi connectivity index (χ1) is 15.1. The molecule has 2 atom stereocenters. The lowest BCUT2D eigenvalue weighted by Crippen LogP contribution is -2.45. The summed E-state index contributed by atoms with van der Waals surface area (Å²) in [6.07, 6.45) is 1.38. The number of hydrogen-bond donors (Lipinski definition) is 1. The molecule has 1 unspecified atom stereocenters. The topological polar surface area (TPSA) is 74.7 Å². The highest BCUT2D eigenvalue weighted by molar-refractivity contribution is 7.89. The third-order valence-corrected chi connectivity index (χ3v) is 9.16. The third-order valence-electron chi connectivity index (χ3n) is 6.79. The van der Waals surface area contributed by atoms with E-state index in [-0.39, 0.29) is 55.2 Å². The van der Waals surface area contributed by atoms with Crippen LogP contribution in [-0.2, 0) is 27.0 Å². The van der Waals surface area contributed by atoms with E-state index in [9.17, 15) is 22.7 Å². The number of aliphatic hydroxyl groups is 1. The number of rotatable bonds is 4. The minimum Gasteiger partial charge on any atom is -0.385 e. The normalized spacial score (nSPS) is 25.6. The summed E-state index contributed by atoms with van der Waals surface area (Å²) in [6, 6.07) is 10.5. The summed E-state index contributed by atoms with van der Waals surface area (Å²) in [4.78, 5) is 11.5. The molecule has 172 valence electrons. The Morgan fingerprint density at radius 2 is 1.72 bits per heavy atom. The molecule has 1 aliphatic carbocycles. The van der Waals surface area contributed by atoms with E-state index in [4.69, 9.17) is 0 Å². The molecule has 1 heterocycles. The van der Waals surface area contributed by atoms with Gasteiger partial charge in [-0.1, -0.05) is 30.3 Å². The number of carbonyl (C=O) groups excluding carboxylic acids is 1. The van der Waals surface area contributed by atoms with Crippen LogP contribution in [0.3, 0.4) is 0 Å². The molecule has 1 saturated carbocycles. The molecule has 1 N–H and O–H groups in total. The molecule has 0 spiro atoms. The number of carbonyl (C=O) groups is 1. The summed E-state index contributed by atoms with van der Waals surface area (Å²) in [5.41, 5.74) is -1.17. The van der Waals surface area contributed by atoms with Gasteiger partial charge in [0.1, 0.15) is 22.7 Å². The molecule has 2 fully saturated rings. The van der Waals surface area contributed by atoms with Crippen LogP contribution in [-0.4, -0.2) is 29.7 Å². The minimum atomic E-state index is -3.79. The number of ketones is 1. The van der Waals surface area contributed by atoms with Crippen LogP contribution in [0.15, 0.2) is 42.5 Å². The van der Waals surface area contributed by atoms with Gasteiger partial charge < -0.3 is 5.11 Å². The fraction of sp³-hybridized carbons (Fsp3) is 0.458. The Kier molecular flexibility index (Phi) is 6.22. The Morgan fingerprint density at radius 3 is 2.38 bits per heavy atom. The molecule has 0 radical (unpaired) electrons. The van der Waals surface area contributed by atoms with Crippen molar-refractivity contribution in [1.29, 1.82) is 0 Å². The van der Waals surface area contributed by atoms with Gasteiger partial charge in [0.2, 0.25) is 10.0 Å². The zero-order valence-corrected chi connectivity index (χ0v) is 18.7. The molecule has 1 aliphatic heterocycles. The van der Waals surface area contributed by atoms with E-state index in [2.05, 4.69) is 0 Å². The van der Waals surface area contributed by atoms with Gasteiger partial charge in [-0.25, -0.2) is 17.2 Å². The Bertz CT molecular complexity index is 1110. The first kappa shape index (κ1) is 23.0. The van der Waals surface area contributed by atoms with Crippen LogP contribution in [0.4, 0.5) is 8.78 Å². The lowest BCUT2D eigenvalue weighted by Gasteiger charge is -2.37. The van der Waals surface area contributed by atoms with E-state index in [0.29, 0.717) is 18.4 Å². The maximum absolute atomic E-state index is 15.0. The van der Waals surface area contributed by atoms with E-state index in [1.165, 1.54) is 4.31 Å². The summed E-state index contributed by atoms with van der Waals surface area (Å²) >= 11 is 0. The van der Waals surface area contributed by atoms with E-state index in [1.54, 1.807) is 31.2 Å². The number of halogens is 2. The largest absolute Gasteiger partial charge is 0.385 e. The van der Waals surface area contributed by atoms with Crippen molar-refractivity contribution in [2.75, 3.05) is 0 Å². The third kappa shape index (κ3) is 4.23. The van der Waals surface area contributed by atoms with Gasteiger partial charge in [0.05, 0.1) is 5.60 Å². The van der Waals surface area contributed by atoms with Crippen LogP contribution in [0.1, 0.15) is 67.4 Å². The Morgan fingerprint density at radius 1 is 1.06 bits per heavy atom. The highest BCUT2D eigenvalue weighted by Gasteiger charge is 2.41. The maximum Gasteiger partial charge on any atom is 0.221 e. The molecule has 8 heteroatoms. The molecule has 32 heavy (non-hydrogen) atoms. The lowest BCUT2D eigenvalue weighted by molar-refractivity contribution is -0.125. The van der Waals surface area contributed by atoms with Crippen molar-refractivity contribution in [2.45, 2.75) is 68.9 Å². The molecular formula is C24H27F2NO4S. The van der Waals surface area contributed by atoms with E-state index in [0.717, 1.165) is 12.1 Å². The molecule has 2 aromatic carbocycles. The predicted octanol–water partition coefficient (Wildman–Crippen LogP) is 4.35. The SMILES string of the molecule is C[C@H]1CCC(c2ccccc2)S(=O)(=O)N1Cc1cc(F)c(C2(O)CCC(=O)CC2)cc1F. The molecule has 0 aromatic heterocycles. The smallest absolute Gasteiger partial charge is 0.221 e.